The van der Waals surface area contributed by atoms with Gasteiger partial charge in [-0.1, -0.05) is 11.6 Å². The first-order chi connectivity index (χ1) is 9.43. The third kappa shape index (κ3) is 3.13. The summed E-state index contributed by atoms with van der Waals surface area (Å²) in [6, 6.07) is 0. The molecule has 1 aliphatic carbocycles. The second-order valence-corrected chi connectivity index (χ2v) is 7.81. The van der Waals surface area contributed by atoms with E-state index in [0.29, 0.717) is 11.5 Å². The van der Waals surface area contributed by atoms with Gasteiger partial charge in [-0.2, -0.15) is 4.37 Å². The molecule has 0 saturated carbocycles. The van der Waals surface area contributed by atoms with Crippen LogP contribution in [0, 0.1) is 0 Å². The molecule has 8 heteroatoms. The zero-order valence-corrected chi connectivity index (χ0v) is 13.4. The first kappa shape index (κ1) is 15.3. The minimum atomic E-state index is -3.57. The minimum Gasteiger partial charge on any atom is -0.382 e. The second kappa shape index (κ2) is 6.11. The number of rotatable bonds is 6. The Morgan fingerprint density at radius 1 is 1.50 bits per heavy atom. The van der Waals surface area contributed by atoms with E-state index < -0.39 is 10.0 Å². The Bertz CT molecular complexity index is 605. The number of allylic oxidation sites excluding steroid dienone is 1. The molecule has 0 radical (unpaired) electrons. The lowest BCUT2D eigenvalue weighted by Crippen LogP contribution is -2.23. The fourth-order valence-corrected chi connectivity index (χ4v) is 4.24. The van der Waals surface area contributed by atoms with E-state index >= 15 is 0 Å². The molecular weight excluding hydrogens is 296 g/mol. The van der Waals surface area contributed by atoms with Gasteiger partial charge in [0.1, 0.15) is 5.00 Å². The van der Waals surface area contributed by atoms with Gasteiger partial charge >= 0.3 is 0 Å². The van der Waals surface area contributed by atoms with Gasteiger partial charge in [0.25, 0.3) is 0 Å². The maximum absolute atomic E-state index is 12.2. The fourth-order valence-electron chi connectivity index (χ4n) is 2.14. The molecule has 0 aromatic carbocycles. The fraction of sp³-hybridized carbons (Fsp3) is 0.583. The van der Waals surface area contributed by atoms with Crippen LogP contribution >= 0.6 is 11.5 Å². The van der Waals surface area contributed by atoms with Crippen molar-refractivity contribution >= 4 is 32.4 Å². The molecule has 1 aromatic rings. The molecule has 0 aliphatic heterocycles. The standard InChI is InChI=1S/C12H20N4O2S2/c1-16(2)20(17,18)10-11(13)15-19-12(10)14-8-7-9-5-3-4-6-9/h5,14H,3-4,6-8H2,1-2H3,(H2,13,15). The number of nitrogens with one attached hydrogen (secondary N) is 1. The summed E-state index contributed by atoms with van der Waals surface area (Å²) in [4.78, 5) is 0.0906. The predicted molar refractivity (Wildman–Crippen MR) is 82.4 cm³/mol. The van der Waals surface area contributed by atoms with E-state index in [2.05, 4.69) is 15.8 Å². The second-order valence-electron chi connectivity index (χ2n) is 4.94. The number of nitrogens with zero attached hydrogens (tertiary/aromatic N) is 2. The van der Waals surface area contributed by atoms with Crippen molar-refractivity contribution in [3.05, 3.63) is 11.6 Å². The van der Waals surface area contributed by atoms with Crippen LogP contribution in [0.3, 0.4) is 0 Å². The number of aromatic nitrogens is 1. The zero-order valence-electron chi connectivity index (χ0n) is 11.7. The highest BCUT2D eigenvalue weighted by Crippen LogP contribution is 2.33. The summed E-state index contributed by atoms with van der Waals surface area (Å²) in [6.45, 7) is 0.698. The summed E-state index contributed by atoms with van der Waals surface area (Å²) in [7, 11) is -0.594. The van der Waals surface area contributed by atoms with Crippen LogP contribution in [0.2, 0.25) is 0 Å². The topological polar surface area (TPSA) is 88.3 Å². The predicted octanol–water partition coefficient (Wildman–Crippen LogP) is 1.89. The number of hydrogen-bond donors (Lipinski definition) is 2. The van der Waals surface area contributed by atoms with Crippen molar-refractivity contribution in [3.63, 3.8) is 0 Å². The van der Waals surface area contributed by atoms with Crippen LogP contribution in [0.25, 0.3) is 0 Å². The van der Waals surface area contributed by atoms with E-state index in [4.69, 9.17) is 5.73 Å². The molecule has 3 N–H and O–H groups in total. The SMILES string of the molecule is CN(C)S(=O)(=O)c1c(N)nsc1NCCC1=CCCC1. The van der Waals surface area contributed by atoms with Crippen LogP contribution in [0.4, 0.5) is 10.8 Å². The van der Waals surface area contributed by atoms with E-state index in [0.717, 1.165) is 35.1 Å². The van der Waals surface area contributed by atoms with Gasteiger partial charge in [-0.3, -0.25) is 0 Å². The highest BCUT2D eigenvalue weighted by atomic mass is 32.2. The van der Waals surface area contributed by atoms with Crippen molar-refractivity contribution in [2.75, 3.05) is 31.7 Å². The lowest BCUT2D eigenvalue weighted by atomic mass is 10.2. The van der Waals surface area contributed by atoms with Gasteiger partial charge in [-0.05, 0) is 37.2 Å². The quantitative estimate of drug-likeness (QED) is 0.782. The smallest absolute Gasteiger partial charge is 0.249 e. The Hall–Kier alpha value is -1.12. The Kier molecular flexibility index (Phi) is 4.66. The third-order valence-corrected chi connectivity index (χ3v) is 6.12. The average molecular weight is 316 g/mol. The average Bonchev–Trinajstić information content (AvgIpc) is 2.99. The molecule has 112 valence electrons. The highest BCUT2D eigenvalue weighted by Gasteiger charge is 2.27. The number of nitrogens with two attached hydrogens (primary N) is 1. The van der Waals surface area contributed by atoms with E-state index in [1.807, 2.05) is 0 Å². The molecule has 0 amide bonds. The van der Waals surface area contributed by atoms with Gasteiger partial charge in [0.15, 0.2) is 10.7 Å². The molecular formula is C12H20N4O2S2. The summed E-state index contributed by atoms with van der Waals surface area (Å²) in [5.74, 6) is 0.0614. The maximum Gasteiger partial charge on any atom is 0.249 e. The number of nitrogen functional groups attached to an aromatic ring is 1. The molecule has 0 unspecified atom stereocenters. The Balaban J connectivity index is 2.09. The monoisotopic (exact) mass is 316 g/mol. The van der Waals surface area contributed by atoms with Crippen molar-refractivity contribution in [1.82, 2.24) is 8.68 Å². The molecule has 6 nitrogen and oxygen atoms in total. The molecule has 0 bridgehead atoms. The molecule has 1 aromatic heterocycles. The van der Waals surface area contributed by atoms with Gasteiger partial charge in [0.05, 0.1) is 0 Å². The lowest BCUT2D eigenvalue weighted by molar-refractivity contribution is 0.521. The Morgan fingerprint density at radius 2 is 2.25 bits per heavy atom. The van der Waals surface area contributed by atoms with Crippen molar-refractivity contribution in [2.24, 2.45) is 0 Å². The third-order valence-electron chi connectivity index (χ3n) is 3.28. The molecule has 2 rings (SSSR count). The number of anilines is 2. The van der Waals surface area contributed by atoms with Crippen molar-refractivity contribution in [3.8, 4) is 0 Å². The van der Waals surface area contributed by atoms with E-state index in [1.54, 1.807) is 0 Å². The minimum absolute atomic E-state index is 0.0614. The molecule has 1 aliphatic rings. The molecule has 1 heterocycles. The summed E-state index contributed by atoms with van der Waals surface area (Å²) < 4.78 is 29.5. The first-order valence-electron chi connectivity index (χ1n) is 6.52. The number of hydrogen-bond acceptors (Lipinski definition) is 6. The lowest BCUT2D eigenvalue weighted by Gasteiger charge is -2.13. The van der Waals surface area contributed by atoms with Crippen molar-refractivity contribution in [2.45, 2.75) is 30.6 Å². The van der Waals surface area contributed by atoms with E-state index in [1.165, 1.54) is 26.1 Å². The molecule has 0 saturated heterocycles. The Labute approximate surface area is 123 Å². The van der Waals surface area contributed by atoms with Gasteiger partial charge < -0.3 is 11.1 Å². The first-order valence-corrected chi connectivity index (χ1v) is 8.73. The van der Waals surface area contributed by atoms with Crippen LogP contribution in [-0.2, 0) is 10.0 Å². The van der Waals surface area contributed by atoms with Crippen LogP contribution in [0.1, 0.15) is 25.7 Å². The van der Waals surface area contributed by atoms with Crippen LogP contribution in [-0.4, -0.2) is 37.7 Å². The van der Waals surface area contributed by atoms with Crippen molar-refractivity contribution < 1.29 is 8.42 Å². The van der Waals surface area contributed by atoms with E-state index in [9.17, 15) is 8.42 Å². The van der Waals surface area contributed by atoms with Gasteiger partial charge in [0, 0.05) is 20.6 Å². The van der Waals surface area contributed by atoms with E-state index in [-0.39, 0.29) is 10.7 Å². The maximum atomic E-state index is 12.2. The van der Waals surface area contributed by atoms with Gasteiger partial charge in [-0.15, -0.1) is 0 Å². The normalized spacial score (nSPS) is 15.7. The van der Waals surface area contributed by atoms with Crippen LogP contribution < -0.4 is 11.1 Å². The molecule has 0 atom stereocenters. The van der Waals surface area contributed by atoms with Crippen molar-refractivity contribution in [1.29, 1.82) is 0 Å². The summed E-state index contributed by atoms with van der Waals surface area (Å²) in [6.07, 6.45) is 6.72. The summed E-state index contributed by atoms with van der Waals surface area (Å²) in [5.41, 5.74) is 7.14. The molecule has 0 fully saturated rings. The van der Waals surface area contributed by atoms with Gasteiger partial charge in [0.2, 0.25) is 10.0 Å². The number of sulfonamides is 1. The molecule has 0 spiro atoms. The summed E-state index contributed by atoms with van der Waals surface area (Å²) in [5, 5.41) is 3.67. The Morgan fingerprint density at radius 3 is 2.85 bits per heavy atom. The van der Waals surface area contributed by atoms with Crippen LogP contribution in [0.5, 0.6) is 0 Å². The highest BCUT2D eigenvalue weighted by molar-refractivity contribution is 7.89. The zero-order chi connectivity index (χ0) is 14.8. The van der Waals surface area contributed by atoms with Crippen LogP contribution in [0.15, 0.2) is 16.5 Å². The largest absolute Gasteiger partial charge is 0.382 e. The van der Waals surface area contributed by atoms with Gasteiger partial charge in [-0.25, -0.2) is 12.7 Å². The summed E-state index contributed by atoms with van der Waals surface area (Å²) >= 11 is 1.09. The molecule has 20 heavy (non-hydrogen) atoms.